The van der Waals surface area contributed by atoms with Crippen LogP contribution in [-0.4, -0.2) is 45.8 Å². The van der Waals surface area contributed by atoms with Crippen LogP contribution in [-0.2, 0) is 14.3 Å². The Bertz CT molecular complexity index is 1120. The standard InChI is InChI=1S/C26H31FN4O4/c1-5-17-13-33-14-18(7-10-21(32)35-26(4)11-12-26)23(17)34-25-22(27)24(28-15-29-25)31-20-9-8-19(6-2)30-16(20)3/h2,8-9,15,17-18,23H,5,7,10-14H2,1,3-4H3,(H,28,29,31). The molecule has 3 heterocycles. The lowest BCUT2D eigenvalue weighted by Gasteiger charge is -2.37. The van der Waals surface area contributed by atoms with Gasteiger partial charge in [0.1, 0.15) is 23.7 Å². The van der Waals surface area contributed by atoms with Gasteiger partial charge in [-0.1, -0.05) is 12.8 Å². The van der Waals surface area contributed by atoms with Gasteiger partial charge in [0.25, 0.3) is 5.88 Å². The Hall–Kier alpha value is -3.25. The van der Waals surface area contributed by atoms with E-state index in [9.17, 15) is 4.79 Å². The summed E-state index contributed by atoms with van der Waals surface area (Å²) in [5.74, 6) is 1.33. The molecular weight excluding hydrogens is 451 g/mol. The van der Waals surface area contributed by atoms with Crippen LogP contribution >= 0.6 is 0 Å². The van der Waals surface area contributed by atoms with Crippen molar-refractivity contribution in [2.45, 2.75) is 64.6 Å². The van der Waals surface area contributed by atoms with Gasteiger partial charge in [-0.2, -0.15) is 9.37 Å². The number of hydrogen-bond acceptors (Lipinski definition) is 8. The average Bonchev–Trinajstić information content (AvgIpc) is 3.57. The van der Waals surface area contributed by atoms with Crippen molar-refractivity contribution in [2.75, 3.05) is 18.5 Å². The summed E-state index contributed by atoms with van der Waals surface area (Å²) in [7, 11) is 0. The maximum Gasteiger partial charge on any atom is 0.306 e. The first-order valence-corrected chi connectivity index (χ1v) is 12.0. The molecule has 1 aliphatic carbocycles. The normalized spacial score (nSPS) is 22.7. The van der Waals surface area contributed by atoms with E-state index >= 15 is 4.39 Å². The first-order chi connectivity index (χ1) is 16.8. The van der Waals surface area contributed by atoms with Crippen LogP contribution in [0.25, 0.3) is 0 Å². The van der Waals surface area contributed by atoms with Crippen molar-refractivity contribution in [1.29, 1.82) is 0 Å². The van der Waals surface area contributed by atoms with E-state index in [2.05, 4.69) is 26.2 Å². The molecule has 1 saturated carbocycles. The van der Waals surface area contributed by atoms with Crippen LogP contribution in [0.15, 0.2) is 18.5 Å². The molecule has 0 amide bonds. The average molecular weight is 483 g/mol. The maximum atomic E-state index is 15.4. The van der Waals surface area contributed by atoms with Crippen molar-refractivity contribution in [3.8, 4) is 18.2 Å². The lowest BCUT2D eigenvalue weighted by molar-refractivity contribution is -0.151. The van der Waals surface area contributed by atoms with Crippen LogP contribution in [0.3, 0.4) is 0 Å². The number of carbonyl (C=O) groups is 1. The minimum atomic E-state index is -0.700. The summed E-state index contributed by atoms with van der Waals surface area (Å²) in [5, 5.41) is 2.95. The molecule has 2 aliphatic rings. The van der Waals surface area contributed by atoms with Crippen LogP contribution in [0.5, 0.6) is 5.88 Å². The smallest absolute Gasteiger partial charge is 0.306 e. The molecule has 2 aromatic heterocycles. The van der Waals surface area contributed by atoms with E-state index in [4.69, 9.17) is 20.6 Å². The number of ether oxygens (including phenoxy) is 3. The molecule has 0 spiro atoms. The lowest BCUT2D eigenvalue weighted by atomic mass is 9.85. The summed E-state index contributed by atoms with van der Waals surface area (Å²) in [6, 6.07) is 3.39. The summed E-state index contributed by atoms with van der Waals surface area (Å²) in [6.45, 7) is 6.68. The number of halogens is 1. The van der Waals surface area contributed by atoms with E-state index in [1.54, 1.807) is 19.1 Å². The molecule has 35 heavy (non-hydrogen) atoms. The number of rotatable bonds is 9. The highest BCUT2D eigenvalue weighted by Crippen LogP contribution is 2.39. The van der Waals surface area contributed by atoms with Crippen LogP contribution in [0.1, 0.15) is 57.3 Å². The van der Waals surface area contributed by atoms with Gasteiger partial charge in [-0.15, -0.1) is 6.42 Å². The monoisotopic (exact) mass is 482 g/mol. The Morgan fingerprint density at radius 3 is 2.77 bits per heavy atom. The third-order valence-corrected chi connectivity index (χ3v) is 6.64. The molecule has 1 saturated heterocycles. The Labute approximate surface area is 205 Å². The second-order valence-corrected chi connectivity index (χ2v) is 9.45. The van der Waals surface area contributed by atoms with E-state index in [1.165, 1.54) is 6.33 Å². The minimum Gasteiger partial charge on any atom is -0.471 e. The largest absolute Gasteiger partial charge is 0.471 e. The van der Waals surface area contributed by atoms with Gasteiger partial charge in [0.15, 0.2) is 5.82 Å². The molecule has 2 aromatic rings. The number of esters is 1. The topological polar surface area (TPSA) is 95.5 Å². The van der Waals surface area contributed by atoms with Crippen molar-refractivity contribution in [3.05, 3.63) is 35.7 Å². The van der Waals surface area contributed by atoms with E-state index in [-0.39, 0.29) is 47.6 Å². The summed E-state index contributed by atoms with van der Waals surface area (Å²) in [5.41, 5.74) is 1.38. The SMILES string of the molecule is C#Cc1ccc(Nc2ncnc(OC3C(CC)COCC3CCC(=O)OC3(C)CC3)c2F)c(C)n1. The van der Waals surface area contributed by atoms with Gasteiger partial charge in [0, 0.05) is 18.3 Å². The fraction of sp³-hybridized carbons (Fsp3) is 0.538. The lowest BCUT2D eigenvalue weighted by Crippen LogP contribution is -2.44. The minimum absolute atomic E-state index is 0.0220. The van der Waals surface area contributed by atoms with E-state index in [0.29, 0.717) is 36.7 Å². The van der Waals surface area contributed by atoms with Gasteiger partial charge in [-0.05, 0) is 51.7 Å². The summed E-state index contributed by atoms with van der Waals surface area (Å²) >= 11 is 0. The number of aromatic nitrogens is 3. The van der Waals surface area contributed by atoms with Gasteiger partial charge in [0.2, 0.25) is 5.82 Å². The molecule has 1 N–H and O–H groups in total. The van der Waals surface area contributed by atoms with Crippen LogP contribution in [0.2, 0.25) is 0 Å². The number of hydrogen-bond donors (Lipinski definition) is 1. The number of nitrogens with one attached hydrogen (secondary N) is 1. The Kier molecular flexibility index (Phi) is 7.51. The summed E-state index contributed by atoms with van der Waals surface area (Å²) in [4.78, 5) is 24.7. The molecule has 3 unspecified atom stereocenters. The zero-order chi connectivity index (χ0) is 25.0. The third-order valence-electron chi connectivity index (χ3n) is 6.64. The molecule has 0 bridgehead atoms. The molecule has 4 rings (SSSR count). The first kappa shape index (κ1) is 24.9. The van der Waals surface area contributed by atoms with E-state index < -0.39 is 5.82 Å². The summed E-state index contributed by atoms with van der Waals surface area (Å²) < 4.78 is 32.8. The molecule has 1 aliphatic heterocycles. The second kappa shape index (κ2) is 10.6. The zero-order valence-electron chi connectivity index (χ0n) is 20.3. The summed E-state index contributed by atoms with van der Waals surface area (Å²) in [6.07, 6.45) is 9.68. The van der Waals surface area contributed by atoms with Gasteiger partial charge in [0.05, 0.1) is 24.6 Å². The van der Waals surface area contributed by atoms with Crippen LogP contribution in [0, 0.1) is 36.9 Å². The molecule has 186 valence electrons. The molecule has 8 nitrogen and oxygen atoms in total. The molecule has 0 radical (unpaired) electrons. The highest BCUT2D eigenvalue weighted by atomic mass is 19.1. The molecule has 3 atom stereocenters. The van der Waals surface area contributed by atoms with Gasteiger partial charge in [-0.3, -0.25) is 4.79 Å². The number of aryl methyl sites for hydroxylation is 1. The fourth-order valence-corrected chi connectivity index (χ4v) is 4.20. The number of carbonyl (C=O) groups excluding carboxylic acids is 1. The van der Waals surface area contributed by atoms with Gasteiger partial charge >= 0.3 is 5.97 Å². The zero-order valence-corrected chi connectivity index (χ0v) is 20.3. The van der Waals surface area contributed by atoms with Crippen LogP contribution < -0.4 is 10.1 Å². The number of nitrogens with zero attached hydrogens (tertiary/aromatic N) is 3. The Morgan fingerprint density at radius 1 is 1.31 bits per heavy atom. The van der Waals surface area contributed by atoms with Crippen molar-refractivity contribution in [3.63, 3.8) is 0 Å². The first-order valence-electron chi connectivity index (χ1n) is 12.0. The van der Waals surface area contributed by atoms with Crippen LogP contribution in [0.4, 0.5) is 15.9 Å². The molecular formula is C26H31FN4O4. The number of terminal acetylenes is 1. The fourth-order valence-electron chi connectivity index (χ4n) is 4.20. The van der Waals surface area contributed by atoms with Crippen molar-refractivity contribution >= 4 is 17.5 Å². The molecule has 0 aromatic carbocycles. The predicted molar refractivity (Wildman–Crippen MR) is 128 cm³/mol. The Morgan fingerprint density at radius 2 is 2.09 bits per heavy atom. The van der Waals surface area contributed by atoms with E-state index in [1.807, 2.05) is 13.8 Å². The number of pyridine rings is 1. The highest BCUT2D eigenvalue weighted by Gasteiger charge is 2.42. The predicted octanol–water partition coefficient (Wildman–Crippen LogP) is 4.34. The van der Waals surface area contributed by atoms with Crippen molar-refractivity contribution < 1.29 is 23.4 Å². The second-order valence-electron chi connectivity index (χ2n) is 9.45. The van der Waals surface area contributed by atoms with Crippen molar-refractivity contribution in [1.82, 2.24) is 15.0 Å². The molecule has 9 heteroatoms. The maximum absolute atomic E-state index is 15.4. The Balaban J connectivity index is 1.47. The van der Waals surface area contributed by atoms with Crippen molar-refractivity contribution in [2.24, 2.45) is 11.8 Å². The number of anilines is 2. The van der Waals surface area contributed by atoms with Gasteiger partial charge in [-0.25, -0.2) is 9.97 Å². The highest BCUT2D eigenvalue weighted by molar-refractivity contribution is 5.70. The third kappa shape index (κ3) is 6.06. The quantitative estimate of drug-likeness (QED) is 0.417. The van der Waals surface area contributed by atoms with Gasteiger partial charge < -0.3 is 19.5 Å². The van der Waals surface area contributed by atoms with E-state index in [0.717, 1.165) is 19.3 Å². The molecule has 2 fully saturated rings.